The Hall–Kier alpha value is -7.24. The number of rotatable bonds is 4. The van der Waals surface area contributed by atoms with Crippen LogP contribution in [0.1, 0.15) is 77.6 Å². The molecule has 0 fully saturated rings. The molecule has 4 heterocycles. The number of fused-ring (bicyclic) bond motifs is 12. The van der Waals surface area contributed by atoms with E-state index in [0.29, 0.717) is 0 Å². The van der Waals surface area contributed by atoms with Gasteiger partial charge in [0.1, 0.15) is 22.5 Å². The summed E-state index contributed by atoms with van der Waals surface area (Å²) in [7, 11) is 0.752. The minimum absolute atomic E-state index is 0.000694. The van der Waals surface area contributed by atoms with Crippen molar-refractivity contribution >= 4 is 84.3 Å². The fraction of sp³-hybridized carbons (Fsp3) is 0.180. The molecule has 1 N–H and O–H groups in total. The van der Waals surface area contributed by atoms with E-state index in [1.807, 2.05) is 0 Å². The normalized spacial score (nSPS) is 14.0. The predicted octanol–water partition coefficient (Wildman–Crippen LogP) is 15.1. The van der Waals surface area contributed by atoms with Crippen molar-refractivity contribution in [2.75, 3.05) is 5.32 Å². The van der Waals surface area contributed by atoms with Crippen molar-refractivity contribution in [3.05, 3.63) is 174 Å². The van der Waals surface area contributed by atoms with Gasteiger partial charge in [-0.1, -0.05) is 152 Å². The predicted molar refractivity (Wildman–Crippen MR) is 280 cm³/mol. The van der Waals surface area contributed by atoms with Crippen LogP contribution in [0, 0.1) is 0 Å². The van der Waals surface area contributed by atoms with E-state index in [4.69, 9.17) is 8.83 Å². The van der Waals surface area contributed by atoms with E-state index in [1.165, 1.54) is 77.4 Å². The Morgan fingerprint density at radius 3 is 2.03 bits per heavy atom. The van der Waals surface area contributed by atoms with E-state index < -0.39 is 0 Å². The second-order valence-electron chi connectivity index (χ2n) is 21.5. The summed E-state index contributed by atoms with van der Waals surface area (Å²) < 4.78 is 16.0. The summed E-state index contributed by atoms with van der Waals surface area (Å²) in [5.74, 6) is 0.882. The monoisotopic (exact) mass is 854 g/mol. The lowest BCUT2D eigenvalue weighted by Gasteiger charge is -2.24. The standard InChI is InChI=1S/C61H51BN2O2/c1-59(2,3)36-18-21-38(22-19-36)63-50-33-56-46(40-23-20-37(60(4,5)6)28-55(40)66-56)30-44(50)41-24-25-42-45-29-43-39-16-12-13-17-47(39)61(7,8)48(43)31-51(45)64-52-26-35-27-53(34-14-10-9-11-15-34)65-54(35)32-49(52)62-57(41)58(42)64/h9-33,62-63H,1-8H3. The highest BCUT2D eigenvalue weighted by Gasteiger charge is 2.37. The lowest BCUT2D eigenvalue weighted by molar-refractivity contribution is 0.587. The van der Waals surface area contributed by atoms with Crippen molar-refractivity contribution in [1.82, 2.24) is 4.57 Å². The van der Waals surface area contributed by atoms with Gasteiger partial charge in [-0.3, -0.25) is 0 Å². The molecule has 11 aromatic rings. The minimum atomic E-state index is -0.135. The van der Waals surface area contributed by atoms with Crippen LogP contribution in [0.15, 0.2) is 160 Å². The maximum absolute atomic E-state index is 6.77. The van der Waals surface area contributed by atoms with Gasteiger partial charge in [0.15, 0.2) is 7.28 Å². The molecule has 1 aliphatic carbocycles. The number of nitrogens with one attached hydrogen (secondary N) is 1. The molecule has 5 heteroatoms. The van der Waals surface area contributed by atoms with Crippen molar-refractivity contribution in [2.45, 2.75) is 71.6 Å². The van der Waals surface area contributed by atoms with E-state index in [9.17, 15) is 0 Å². The molecular weight excluding hydrogens is 803 g/mol. The Bertz CT molecular complexity index is 3850. The van der Waals surface area contributed by atoms with Gasteiger partial charge in [-0.25, -0.2) is 0 Å². The largest absolute Gasteiger partial charge is 0.456 e. The third-order valence-corrected chi connectivity index (χ3v) is 14.9. The number of aromatic nitrogens is 1. The lowest BCUT2D eigenvalue weighted by atomic mass is 9.59. The molecule has 0 amide bonds. The number of hydrogen-bond acceptors (Lipinski definition) is 3. The molecule has 0 saturated carbocycles. The summed E-state index contributed by atoms with van der Waals surface area (Å²) in [6.45, 7) is 18.3. The maximum Gasteiger partial charge on any atom is 0.198 e. The van der Waals surface area contributed by atoms with Crippen LogP contribution >= 0.6 is 0 Å². The molecule has 0 unspecified atom stereocenters. The Morgan fingerprint density at radius 2 is 1.24 bits per heavy atom. The molecule has 0 saturated heterocycles. The molecule has 4 nitrogen and oxygen atoms in total. The first kappa shape index (κ1) is 39.2. The summed E-state index contributed by atoms with van der Waals surface area (Å²) in [4.78, 5) is 0. The van der Waals surface area contributed by atoms with Crippen molar-refractivity contribution in [1.29, 1.82) is 0 Å². The highest BCUT2D eigenvalue weighted by atomic mass is 16.3. The van der Waals surface area contributed by atoms with Gasteiger partial charge in [0, 0.05) is 66.4 Å². The average molecular weight is 855 g/mol. The molecule has 0 spiro atoms. The van der Waals surface area contributed by atoms with E-state index in [-0.39, 0.29) is 16.2 Å². The zero-order valence-corrected chi connectivity index (χ0v) is 38.9. The molecule has 3 aromatic heterocycles. The van der Waals surface area contributed by atoms with E-state index >= 15 is 0 Å². The Labute approximate surface area is 386 Å². The van der Waals surface area contributed by atoms with Crippen LogP contribution in [-0.4, -0.2) is 11.8 Å². The van der Waals surface area contributed by atoms with Gasteiger partial charge in [0.2, 0.25) is 0 Å². The minimum Gasteiger partial charge on any atom is -0.456 e. The molecule has 320 valence electrons. The van der Waals surface area contributed by atoms with E-state index in [0.717, 1.165) is 68.4 Å². The molecule has 66 heavy (non-hydrogen) atoms. The van der Waals surface area contributed by atoms with Crippen molar-refractivity contribution in [3.8, 4) is 39.3 Å². The zero-order chi connectivity index (χ0) is 45.0. The fourth-order valence-corrected chi connectivity index (χ4v) is 11.3. The molecule has 0 radical (unpaired) electrons. The number of benzene rings is 8. The number of anilines is 2. The molecule has 8 aromatic carbocycles. The number of furan rings is 2. The fourth-order valence-electron chi connectivity index (χ4n) is 11.3. The van der Waals surface area contributed by atoms with E-state index in [2.05, 4.69) is 217 Å². The number of hydrogen-bond donors (Lipinski definition) is 1. The third kappa shape index (κ3) is 5.71. The Kier molecular flexibility index (Phi) is 7.96. The van der Waals surface area contributed by atoms with Crippen LogP contribution in [0.3, 0.4) is 0 Å². The highest BCUT2D eigenvalue weighted by molar-refractivity contribution is 6.73. The van der Waals surface area contributed by atoms with Gasteiger partial charge < -0.3 is 18.7 Å². The van der Waals surface area contributed by atoms with Gasteiger partial charge in [-0.2, -0.15) is 0 Å². The van der Waals surface area contributed by atoms with Crippen LogP contribution in [0.5, 0.6) is 0 Å². The highest BCUT2D eigenvalue weighted by Crippen LogP contribution is 2.51. The summed E-state index contributed by atoms with van der Waals surface area (Å²) >= 11 is 0. The van der Waals surface area contributed by atoms with Gasteiger partial charge in [0.25, 0.3) is 0 Å². The molecule has 0 atom stereocenters. The smallest absolute Gasteiger partial charge is 0.198 e. The summed E-state index contributed by atoms with van der Waals surface area (Å²) in [6.07, 6.45) is 0. The van der Waals surface area contributed by atoms with Gasteiger partial charge in [0.05, 0.1) is 11.2 Å². The third-order valence-electron chi connectivity index (χ3n) is 14.9. The first-order valence-electron chi connectivity index (χ1n) is 23.4. The molecule has 2 aliphatic rings. The van der Waals surface area contributed by atoms with E-state index in [1.54, 1.807) is 0 Å². The Morgan fingerprint density at radius 1 is 0.530 bits per heavy atom. The first-order valence-corrected chi connectivity index (χ1v) is 23.4. The first-order chi connectivity index (χ1) is 31.7. The van der Waals surface area contributed by atoms with Gasteiger partial charge in [-0.05, 0) is 110 Å². The summed E-state index contributed by atoms with van der Waals surface area (Å²) in [6, 6.07) is 56.3. The topological polar surface area (TPSA) is 43.2 Å². The van der Waals surface area contributed by atoms with Crippen LogP contribution in [0.4, 0.5) is 11.4 Å². The van der Waals surface area contributed by atoms with Gasteiger partial charge >= 0.3 is 0 Å². The molecular formula is C61H51BN2O2. The second-order valence-corrected chi connectivity index (χ2v) is 21.5. The zero-order valence-electron chi connectivity index (χ0n) is 38.9. The maximum atomic E-state index is 6.77. The van der Waals surface area contributed by atoms with Crippen LogP contribution in [0.2, 0.25) is 0 Å². The average Bonchev–Trinajstić information content (AvgIpc) is 4.03. The SMILES string of the molecule is CC(C)(C)c1ccc(Nc2cc3oc4cc(C(C)(C)C)ccc4c3cc2-c2ccc3c4cc5c(cc4n4c3c2Bc2cc3oc(-c6ccccc6)cc3cc2-4)C(C)(C)c2ccccc2-5)cc1. The van der Waals surface area contributed by atoms with Crippen molar-refractivity contribution in [3.63, 3.8) is 0 Å². The van der Waals surface area contributed by atoms with Gasteiger partial charge in [-0.15, -0.1) is 0 Å². The molecule has 0 bridgehead atoms. The van der Waals surface area contributed by atoms with Crippen LogP contribution in [0.25, 0.3) is 94.0 Å². The van der Waals surface area contributed by atoms with Crippen LogP contribution < -0.4 is 16.2 Å². The number of nitrogens with zero attached hydrogens (tertiary/aromatic N) is 1. The Balaban J connectivity index is 1.09. The lowest BCUT2D eigenvalue weighted by Crippen LogP contribution is -2.37. The summed E-state index contributed by atoms with van der Waals surface area (Å²) in [5.41, 5.74) is 22.3. The summed E-state index contributed by atoms with van der Waals surface area (Å²) in [5, 5.41) is 9.80. The quantitative estimate of drug-likeness (QED) is 0.179. The van der Waals surface area contributed by atoms with Crippen LogP contribution in [-0.2, 0) is 16.2 Å². The van der Waals surface area contributed by atoms with Crippen molar-refractivity contribution < 1.29 is 8.83 Å². The molecule has 13 rings (SSSR count). The van der Waals surface area contributed by atoms with Crippen molar-refractivity contribution in [2.24, 2.45) is 0 Å². The second kappa shape index (κ2) is 13.4. The molecule has 1 aliphatic heterocycles.